The zero-order valence-electron chi connectivity index (χ0n) is 9.67. The van der Waals surface area contributed by atoms with Gasteiger partial charge in [0.1, 0.15) is 0 Å². The number of hydrogen-bond donors (Lipinski definition) is 0. The molecule has 0 aliphatic rings. The van der Waals surface area contributed by atoms with Gasteiger partial charge in [0.25, 0.3) is 0 Å². The molecule has 0 heterocycles. The summed E-state index contributed by atoms with van der Waals surface area (Å²) in [6, 6.07) is 17.7. The third-order valence-corrected chi connectivity index (χ3v) is 3.17. The van der Waals surface area contributed by atoms with Crippen LogP contribution in [0.15, 0.2) is 54.6 Å². The number of fused-ring (bicyclic) bond motifs is 2. The van der Waals surface area contributed by atoms with Crippen molar-refractivity contribution in [1.29, 1.82) is 0 Å². The van der Waals surface area contributed by atoms with Gasteiger partial charge in [-0.2, -0.15) is 0 Å². The van der Waals surface area contributed by atoms with Gasteiger partial charge in [-0.05, 0) is 27.6 Å². The van der Waals surface area contributed by atoms with E-state index < -0.39 is 0 Å². The van der Waals surface area contributed by atoms with Crippen molar-refractivity contribution in [3.63, 3.8) is 0 Å². The molecule has 0 fully saturated rings. The Kier molecular flexibility index (Phi) is 2.45. The third kappa shape index (κ3) is 1.70. The van der Waals surface area contributed by atoms with Crippen molar-refractivity contribution in [1.82, 2.24) is 0 Å². The Labute approximate surface area is 104 Å². The Morgan fingerprint density at radius 1 is 0.889 bits per heavy atom. The molecule has 3 aromatic carbocycles. The molecule has 0 bridgehead atoms. The smallest absolute Gasteiger partial charge is 0.230 e. The van der Waals surface area contributed by atoms with Crippen LogP contribution in [0, 0.1) is 10.1 Å². The highest BCUT2D eigenvalue weighted by molar-refractivity contribution is 6.02. The van der Waals surface area contributed by atoms with Crippen LogP contribution in [-0.4, -0.2) is 4.92 Å². The minimum absolute atomic E-state index is 0.137. The molecule has 0 N–H and O–H groups in total. The highest BCUT2D eigenvalue weighted by Gasteiger charge is 2.11. The first-order chi connectivity index (χ1) is 8.75. The molecule has 0 amide bonds. The van der Waals surface area contributed by atoms with E-state index in [1.807, 2.05) is 48.5 Å². The number of benzene rings is 3. The number of hydrogen-bond acceptors (Lipinski definition) is 2. The summed E-state index contributed by atoms with van der Waals surface area (Å²) in [5, 5.41) is 14.9. The Bertz CT molecular complexity index is 696. The lowest BCUT2D eigenvalue weighted by Crippen LogP contribution is -2.00. The van der Waals surface area contributed by atoms with Crippen molar-refractivity contribution in [2.75, 3.05) is 0 Å². The summed E-state index contributed by atoms with van der Waals surface area (Å²) in [6.07, 6.45) is 0. The summed E-state index contributed by atoms with van der Waals surface area (Å²) >= 11 is 0. The van der Waals surface area contributed by atoms with Crippen LogP contribution < -0.4 is 0 Å². The van der Waals surface area contributed by atoms with E-state index in [4.69, 9.17) is 0 Å². The van der Waals surface area contributed by atoms with Crippen molar-refractivity contribution in [2.45, 2.75) is 6.54 Å². The summed E-state index contributed by atoms with van der Waals surface area (Å²) in [4.78, 5) is 10.6. The van der Waals surface area contributed by atoms with Gasteiger partial charge < -0.3 is 0 Å². The molecular formula is C15H11NO2. The maximum absolute atomic E-state index is 10.9. The maximum atomic E-state index is 10.9. The van der Waals surface area contributed by atoms with Gasteiger partial charge in [0.05, 0.1) is 0 Å². The van der Waals surface area contributed by atoms with E-state index in [1.165, 1.54) is 0 Å². The second-order valence-electron chi connectivity index (χ2n) is 4.29. The van der Waals surface area contributed by atoms with E-state index in [-0.39, 0.29) is 11.5 Å². The van der Waals surface area contributed by atoms with Crippen molar-refractivity contribution in [3.05, 3.63) is 70.3 Å². The third-order valence-electron chi connectivity index (χ3n) is 3.17. The predicted molar refractivity (Wildman–Crippen MR) is 72.2 cm³/mol. The van der Waals surface area contributed by atoms with Gasteiger partial charge in [-0.1, -0.05) is 48.5 Å². The summed E-state index contributed by atoms with van der Waals surface area (Å²) < 4.78 is 0. The molecule has 0 aliphatic heterocycles. The molecule has 0 atom stereocenters. The summed E-state index contributed by atoms with van der Waals surface area (Å²) in [7, 11) is 0. The zero-order valence-corrected chi connectivity index (χ0v) is 9.67. The van der Waals surface area contributed by atoms with Gasteiger partial charge in [0.2, 0.25) is 6.54 Å². The highest BCUT2D eigenvalue weighted by atomic mass is 16.6. The maximum Gasteiger partial charge on any atom is 0.230 e. The molecule has 0 aliphatic carbocycles. The lowest BCUT2D eigenvalue weighted by atomic mass is 9.97. The normalized spacial score (nSPS) is 10.9. The average molecular weight is 237 g/mol. The van der Waals surface area contributed by atoms with E-state index in [2.05, 4.69) is 6.07 Å². The van der Waals surface area contributed by atoms with E-state index >= 15 is 0 Å². The standard InChI is InChI=1S/C15H11NO2/c17-16(18)10-15-13-7-3-1-5-11(13)9-12-6-2-4-8-14(12)15/h1-9H,10H2. The first-order valence-corrected chi connectivity index (χ1v) is 5.77. The second kappa shape index (κ2) is 4.11. The molecule has 0 saturated carbocycles. The Morgan fingerprint density at radius 3 is 1.89 bits per heavy atom. The molecule has 0 saturated heterocycles. The molecule has 3 aromatic rings. The first kappa shape index (κ1) is 10.7. The molecule has 0 aromatic heterocycles. The van der Waals surface area contributed by atoms with E-state index in [1.54, 1.807) is 0 Å². The molecule has 18 heavy (non-hydrogen) atoms. The van der Waals surface area contributed by atoms with Gasteiger partial charge in [-0.3, -0.25) is 10.1 Å². The van der Waals surface area contributed by atoms with Crippen LogP contribution in [0.2, 0.25) is 0 Å². The van der Waals surface area contributed by atoms with Crippen LogP contribution in [0.3, 0.4) is 0 Å². The van der Waals surface area contributed by atoms with Crippen LogP contribution >= 0.6 is 0 Å². The van der Waals surface area contributed by atoms with Gasteiger partial charge in [0.15, 0.2) is 0 Å². The largest absolute Gasteiger partial charge is 0.264 e. The molecule has 3 heteroatoms. The first-order valence-electron chi connectivity index (χ1n) is 5.77. The molecule has 3 rings (SSSR count). The van der Waals surface area contributed by atoms with Crippen LogP contribution in [0.5, 0.6) is 0 Å². The lowest BCUT2D eigenvalue weighted by molar-refractivity contribution is -0.496. The fourth-order valence-electron chi connectivity index (χ4n) is 2.41. The monoisotopic (exact) mass is 237 g/mol. The van der Waals surface area contributed by atoms with Crippen LogP contribution in [0.4, 0.5) is 0 Å². The molecule has 3 nitrogen and oxygen atoms in total. The minimum atomic E-state index is -0.270. The fourth-order valence-corrected chi connectivity index (χ4v) is 2.41. The van der Waals surface area contributed by atoms with Crippen molar-refractivity contribution >= 4 is 21.5 Å². The van der Waals surface area contributed by atoms with E-state index in [9.17, 15) is 10.1 Å². The minimum Gasteiger partial charge on any atom is -0.264 e. The average Bonchev–Trinajstić information content (AvgIpc) is 2.38. The summed E-state index contributed by atoms with van der Waals surface area (Å²) in [5.74, 6) is 0. The molecule has 88 valence electrons. The lowest BCUT2D eigenvalue weighted by Gasteiger charge is -2.08. The SMILES string of the molecule is O=[N+]([O-])Cc1c2ccccc2cc2ccccc12. The summed E-state index contributed by atoms with van der Waals surface area (Å²) in [5.41, 5.74) is 0.800. The summed E-state index contributed by atoms with van der Waals surface area (Å²) in [6.45, 7) is -0.137. The van der Waals surface area contributed by atoms with Crippen LogP contribution in [0.1, 0.15) is 5.56 Å². The number of rotatable bonds is 2. The number of nitrogens with zero attached hydrogens (tertiary/aromatic N) is 1. The van der Waals surface area contributed by atoms with Gasteiger partial charge in [-0.15, -0.1) is 0 Å². The molecule has 0 unspecified atom stereocenters. The van der Waals surface area contributed by atoms with Crippen molar-refractivity contribution in [2.24, 2.45) is 0 Å². The second-order valence-corrected chi connectivity index (χ2v) is 4.29. The van der Waals surface area contributed by atoms with Gasteiger partial charge in [-0.25, -0.2) is 0 Å². The van der Waals surface area contributed by atoms with Crippen LogP contribution in [-0.2, 0) is 6.54 Å². The zero-order chi connectivity index (χ0) is 12.5. The Hall–Kier alpha value is -2.42. The predicted octanol–water partition coefficient (Wildman–Crippen LogP) is 3.77. The topological polar surface area (TPSA) is 43.1 Å². The van der Waals surface area contributed by atoms with Crippen molar-refractivity contribution < 1.29 is 4.92 Å². The van der Waals surface area contributed by atoms with E-state index in [0.717, 1.165) is 27.1 Å². The Morgan fingerprint density at radius 2 is 1.39 bits per heavy atom. The molecule has 0 radical (unpaired) electrons. The number of nitro groups is 1. The van der Waals surface area contributed by atoms with Gasteiger partial charge in [0, 0.05) is 10.5 Å². The molecular weight excluding hydrogens is 226 g/mol. The van der Waals surface area contributed by atoms with E-state index in [0.29, 0.717) is 0 Å². The van der Waals surface area contributed by atoms with Gasteiger partial charge >= 0.3 is 0 Å². The highest BCUT2D eigenvalue weighted by Crippen LogP contribution is 2.28. The quantitative estimate of drug-likeness (QED) is 0.387. The molecule has 0 spiro atoms. The fraction of sp³-hybridized carbons (Fsp3) is 0.0667. The van der Waals surface area contributed by atoms with Crippen LogP contribution in [0.25, 0.3) is 21.5 Å². The Balaban J connectivity index is 2.45. The van der Waals surface area contributed by atoms with Crippen molar-refractivity contribution in [3.8, 4) is 0 Å².